The normalized spacial score (nSPS) is 17.0. The number of rotatable bonds is 14. The van der Waals surface area contributed by atoms with Crippen molar-refractivity contribution in [3.05, 3.63) is 83.9 Å². The number of amides is 4. The number of aliphatic hydroxyl groups is 1. The van der Waals surface area contributed by atoms with Gasteiger partial charge in [0.15, 0.2) is 12.2 Å². The molecule has 1 fully saturated rings. The molecule has 5 N–H and O–H groups in total. The molecule has 1 heterocycles. The van der Waals surface area contributed by atoms with Gasteiger partial charge in [0.05, 0.1) is 12.1 Å². The van der Waals surface area contributed by atoms with Gasteiger partial charge in [-0.25, -0.2) is 4.79 Å². The van der Waals surface area contributed by atoms with Gasteiger partial charge in [0, 0.05) is 25.4 Å². The Morgan fingerprint density at radius 2 is 1.72 bits per heavy atom. The third kappa shape index (κ3) is 10.3. The highest BCUT2D eigenvalue weighted by Gasteiger charge is 2.34. The number of aliphatic hydroxyl groups excluding tert-OH is 1. The van der Waals surface area contributed by atoms with E-state index >= 15 is 0 Å². The van der Waals surface area contributed by atoms with Gasteiger partial charge in [-0.15, -0.1) is 0 Å². The molecule has 0 unspecified atom stereocenters. The van der Waals surface area contributed by atoms with Crippen molar-refractivity contribution in [2.24, 2.45) is 11.8 Å². The van der Waals surface area contributed by atoms with E-state index in [1.807, 2.05) is 86.6 Å². The molecule has 0 bridgehead atoms. The second kappa shape index (κ2) is 17.1. The Morgan fingerprint density at radius 1 is 1.00 bits per heavy atom. The molecule has 4 amide bonds. The van der Waals surface area contributed by atoms with Gasteiger partial charge in [0.1, 0.15) is 6.04 Å². The summed E-state index contributed by atoms with van der Waals surface area (Å²) in [6.07, 6.45) is -1.95. The molecule has 248 valence electrons. The first-order chi connectivity index (χ1) is 22.6. The summed E-state index contributed by atoms with van der Waals surface area (Å²) >= 11 is 0. The maximum Gasteiger partial charge on any atom is 0.408 e. The van der Waals surface area contributed by atoms with Gasteiger partial charge >= 0.3 is 6.09 Å². The summed E-state index contributed by atoms with van der Waals surface area (Å²) in [6, 6.07) is 22.3. The quantitative estimate of drug-likeness (QED) is 0.168. The number of hydrogen-bond acceptors (Lipinski definition) is 7. The standard InChI is InChI=1S/C36H43N5O6/c1-23(2)18-30(34(44)40-29(31(42)21-37)19-27-15-9-17-38-33(27)43)41-35(45)32(47-36(46)39-22-24-10-4-3-5-11-24)20-26-14-8-13-25-12-6-7-16-28(25)26/h3-8,10-14,16,23,27,29-32,42H,9,15,17-20,22H2,1-2H3,(H,38,43)(H,39,46)(H,40,44)(H,41,45)/t27-,29-,30-,31+,32-/m0/s1. The van der Waals surface area contributed by atoms with Crippen LogP contribution in [0.2, 0.25) is 0 Å². The zero-order valence-corrected chi connectivity index (χ0v) is 26.8. The molecule has 0 saturated carbocycles. The lowest BCUT2D eigenvalue weighted by molar-refractivity contribution is -0.135. The number of carbonyl (C=O) groups is 4. The van der Waals surface area contributed by atoms with Crippen LogP contribution in [0.5, 0.6) is 0 Å². The Morgan fingerprint density at radius 3 is 2.45 bits per heavy atom. The molecule has 4 rings (SSSR count). The van der Waals surface area contributed by atoms with Crippen molar-refractivity contribution >= 4 is 34.6 Å². The lowest BCUT2D eigenvalue weighted by Crippen LogP contribution is -2.55. The number of ether oxygens (including phenoxy) is 1. The molecule has 1 aliphatic rings. The summed E-state index contributed by atoms with van der Waals surface area (Å²) in [4.78, 5) is 52.9. The van der Waals surface area contributed by atoms with Gasteiger partial charge in [0.25, 0.3) is 5.91 Å². The van der Waals surface area contributed by atoms with Crippen molar-refractivity contribution in [2.45, 2.75) is 76.8 Å². The van der Waals surface area contributed by atoms with Crippen LogP contribution >= 0.6 is 0 Å². The van der Waals surface area contributed by atoms with E-state index in [9.17, 15) is 29.5 Å². The number of nitriles is 1. The highest BCUT2D eigenvalue weighted by atomic mass is 16.6. The van der Waals surface area contributed by atoms with Crippen molar-refractivity contribution in [3.8, 4) is 6.07 Å². The highest BCUT2D eigenvalue weighted by molar-refractivity contribution is 5.92. The zero-order valence-electron chi connectivity index (χ0n) is 26.8. The fourth-order valence-electron chi connectivity index (χ4n) is 5.77. The largest absolute Gasteiger partial charge is 0.436 e. The molecule has 0 aliphatic carbocycles. The fourth-order valence-corrected chi connectivity index (χ4v) is 5.77. The first-order valence-electron chi connectivity index (χ1n) is 16.1. The highest BCUT2D eigenvalue weighted by Crippen LogP contribution is 2.22. The number of benzene rings is 3. The Hall–Kier alpha value is -4.95. The summed E-state index contributed by atoms with van der Waals surface area (Å²) in [6.45, 7) is 4.54. The molecule has 0 spiro atoms. The van der Waals surface area contributed by atoms with Crippen molar-refractivity contribution in [3.63, 3.8) is 0 Å². The smallest absolute Gasteiger partial charge is 0.408 e. The van der Waals surface area contributed by atoms with Crippen LogP contribution in [0.1, 0.15) is 50.7 Å². The summed E-state index contributed by atoms with van der Waals surface area (Å²) in [5, 5.41) is 32.7. The molecule has 0 aromatic heterocycles. The summed E-state index contributed by atoms with van der Waals surface area (Å²) in [7, 11) is 0. The lowest BCUT2D eigenvalue weighted by atomic mass is 9.89. The van der Waals surface area contributed by atoms with Crippen molar-refractivity contribution in [1.29, 1.82) is 5.26 Å². The predicted molar refractivity (Wildman–Crippen MR) is 176 cm³/mol. The maximum atomic E-state index is 13.9. The second-order valence-electron chi connectivity index (χ2n) is 12.3. The van der Waals surface area contributed by atoms with Crippen LogP contribution in [-0.4, -0.2) is 59.8 Å². The minimum atomic E-state index is -1.56. The predicted octanol–water partition coefficient (Wildman–Crippen LogP) is 3.49. The molecular weight excluding hydrogens is 598 g/mol. The number of nitrogens with zero attached hydrogens (tertiary/aromatic N) is 1. The van der Waals surface area contributed by atoms with Gasteiger partial charge < -0.3 is 31.1 Å². The minimum Gasteiger partial charge on any atom is -0.436 e. The SMILES string of the molecule is CC(C)C[C@H](NC(=O)[C@H](Cc1cccc2ccccc12)OC(=O)NCc1ccccc1)C(=O)N[C@@H](C[C@@H]1CCCNC1=O)[C@H](O)C#N. The third-order valence-corrected chi connectivity index (χ3v) is 8.23. The fraction of sp³-hybridized carbons (Fsp3) is 0.417. The molecule has 11 heteroatoms. The molecule has 1 aliphatic heterocycles. The minimum absolute atomic E-state index is 0.0267. The lowest BCUT2D eigenvalue weighted by Gasteiger charge is -2.29. The monoisotopic (exact) mass is 641 g/mol. The van der Waals surface area contributed by atoms with Gasteiger partial charge in [0.2, 0.25) is 11.8 Å². The Balaban J connectivity index is 1.53. The first-order valence-corrected chi connectivity index (χ1v) is 16.1. The number of alkyl carbamates (subject to hydrolysis) is 1. The molecule has 3 aromatic carbocycles. The Labute approximate surface area is 275 Å². The van der Waals surface area contributed by atoms with Crippen LogP contribution in [0.4, 0.5) is 4.79 Å². The third-order valence-electron chi connectivity index (χ3n) is 8.23. The van der Waals surface area contributed by atoms with E-state index in [4.69, 9.17) is 4.74 Å². The number of piperidine rings is 1. The van der Waals surface area contributed by atoms with E-state index < -0.39 is 48.1 Å². The van der Waals surface area contributed by atoms with Crippen LogP contribution in [-0.2, 0) is 32.1 Å². The number of fused-ring (bicyclic) bond motifs is 1. The van der Waals surface area contributed by atoms with E-state index in [0.717, 1.165) is 28.3 Å². The van der Waals surface area contributed by atoms with Crippen LogP contribution in [0.3, 0.4) is 0 Å². The average Bonchev–Trinajstić information content (AvgIpc) is 3.07. The average molecular weight is 642 g/mol. The van der Waals surface area contributed by atoms with Crippen LogP contribution in [0, 0.1) is 23.2 Å². The van der Waals surface area contributed by atoms with Gasteiger partial charge in [-0.2, -0.15) is 5.26 Å². The summed E-state index contributed by atoms with van der Waals surface area (Å²) < 4.78 is 5.70. The Kier molecular flexibility index (Phi) is 12.7. The number of hydrogen-bond donors (Lipinski definition) is 5. The molecule has 5 atom stereocenters. The Bertz CT molecular complexity index is 1570. The van der Waals surface area contributed by atoms with Crippen molar-refractivity contribution < 1.29 is 29.0 Å². The van der Waals surface area contributed by atoms with Crippen LogP contribution in [0.25, 0.3) is 10.8 Å². The van der Waals surface area contributed by atoms with E-state index in [0.29, 0.717) is 13.0 Å². The molecular formula is C36H43N5O6. The summed E-state index contributed by atoms with van der Waals surface area (Å²) in [5.74, 6) is -1.96. The first kappa shape index (κ1) is 34.9. The topological polar surface area (TPSA) is 170 Å². The maximum absolute atomic E-state index is 13.9. The van der Waals surface area contributed by atoms with Gasteiger partial charge in [-0.1, -0.05) is 86.6 Å². The van der Waals surface area contributed by atoms with Gasteiger partial charge in [-0.05, 0) is 53.5 Å². The van der Waals surface area contributed by atoms with E-state index in [1.165, 1.54) is 0 Å². The zero-order chi connectivity index (χ0) is 33.8. The number of nitrogens with one attached hydrogen (secondary N) is 4. The van der Waals surface area contributed by atoms with Crippen molar-refractivity contribution in [1.82, 2.24) is 21.3 Å². The molecule has 47 heavy (non-hydrogen) atoms. The van der Waals surface area contributed by atoms with Gasteiger partial charge in [-0.3, -0.25) is 14.4 Å². The molecule has 11 nitrogen and oxygen atoms in total. The molecule has 3 aromatic rings. The van der Waals surface area contributed by atoms with E-state index in [-0.39, 0.29) is 37.6 Å². The molecule has 1 saturated heterocycles. The van der Waals surface area contributed by atoms with Crippen molar-refractivity contribution in [2.75, 3.05) is 6.54 Å². The van der Waals surface area contributed by atoms with E-state index in [2.05, 4.69) is 21.3 Å². The number of carbonyl (C=O) groups excluding carboxylic acids is 4. The van der Waals surface area contributed by atoms with E-state index in [1.54, 1.807) is 6.07 Å². The van der Waals surface area contributed by atoms with Crippen LogP contribution < -0.4 is 21.3 Å². The second-order valence-corrected chi connectivity index (χ2v) is 12.3. The summed E-state index contributed by atoms with van der Waals surface area (Å²) in [5.41, 5.74) is 1.64. The molecule has 0 radical (unpaired) electrons. The van der Waals surface area contributed by atoms with Crippen LogP contribution in [0.15, 0.2) is 72.8 Å².